The Hall–Kier alpha value is -2.94. The molecule has 0 radical (unpaired) electrons. The molecule has 1 aliphatic heterocycles. The summed E-state index contributed by atoms with van der Waals surface area (Å²) in [5.41, 5.74) is 6.46. The first-order valence-corrected chi connectivity index (χ1v) is 10.6. The highest BCUT2D eigenvalue weighted by atomic mass is 16.6. The Morgan fingerprint density at radius 1 is 1.23 bits per heavy atom. The fourth-order valence-electron chi connectivity index (χ4n) is 3.47. The largest absolute Gasteiger partial charge is 0.444 e. The second kappa shape index (κ2) is 11.5. The summed E-state index contributed by atoms with van der Waals surface area (Å²) in [5.74, 6) is -1.43. The van der Waals surface area contributed by atoms with Gasteiger partial charge in [0, 0.05) is 13.1 Å². The summed E-state index contributed by atoms with van der Waals surface area (Å²) in [4.78, 5) is 53.2. The number of rotatable bonds is 8. The Morgan fingerprint density at radius 2 is 1.90 bits per heavy atom. The Labute approximate surface area is 182 Å². The third-order valence-electron chi connectivity index (χ3n) is 5.16. The minimum Gasteiger partial charge on any atom is -0.444 e. The summed E-state index contributed by atoms with van der Waals surface area (Å²) in [6, 6.07) is 6.24. The number of ether oxygens (including phenoxy) is 1. The SMILES string of the molecule is CCCNC(=O)[C@@H]1CCCN1C(=O)[C@H](C)N(C(=O)OCc1ccccc1)C(=O)[C@H](C)N. The van der Waals surface area contributed by atoms with Crippen LogP contribution in [-0.2, 0) is 25.7 Å². The van der Waals surface area contributed by atoms with Gasteiger partial charge in [-0.15, -0.1) is 0 Å². The van der Waals surface area contributed by atoms with Crippen LogP contribution in [0.4, 0.5) is 4.79 Å². The van der Waals surface area contributed by atoms with Crippen LogP contribution >= 0.6 is 0 Å². The molecule has 4 amide bonds. The molecule has 0 bridgehead atoms. The van der Waals surface area contributed by atoms with Gasteiger partial charge >= 0.3 is 6.09 Å². The van der Waals surface area contributed by atoms with Crippen molar-refractivity contribution >= 4 is 23.8 Å². The highest BCUT2D eigenvalue weighted by Gasteiger charge is 2.41. The molecule has 1 saturated heterocycles. The Kier molecular flexibility index (Phi) is 8.99. The molecule has 1 fully saturated rings. The van der Waals surface area contributed by atoms with Gasteiger partial charge in [0.25, 0.3) is 0 Å². The van der Waals surface area contributed by atoms with Crippen LogP contribution in [0.25, 0.3) is 0 Å². The molecule has 3 N–H and O–H groups in total. The predicted molar refractivity (Wildman–Crippen MR) is 115 cm³/mol. The Bertz CT molecular complexity index is 783. The maximum Gasteiger partial charge on any atom is 0.417 e. The fraction of sp³-hybridized carbons (Fsp3) is 0.545. The number of amides is 4. The normalized spacial score (nSPS) is 17.5. The number of nitrogens with zero attached hydrogens (tertiary/aromatic N) is 2. The predicted octanol–water partition coefficient (Wildman–Crippen LogP) is 1.40. The van der Waals surface area contributed by atoms with Crippen molar-refractivity contribution in [3.8, 4) is 0 Å². The van der Waals surface area contributed by atoms with E-state index in [2.05, 4.69) is 5.32 Å². The summed E-state index contributed by atoms with van der Waals surface area (Å²) < 4.78 is 5.28. The number of nitrogens with one attached hydrogen (secondary N) is 1. The van der Waals surface area contributed by atoms with Crippen LogP contribution in [0.3, 0.4) is 0 Å². The fourth-order valence-corrected chi connectivity index (χ4v) is 3.47. The number of nitrogens with two attached hydrogens (primary N) is 1. The average molecular weight is 433 g/mol. The van der Waals surface area contributed by atoms with Crippen molar-refractivity contribution in [2.45, 2.75) is 64.8 Å². The first kappa shape index (κ1) is 24.3. The molecule has 0 aliphatic carbocycles. The summed E-state index contributed by atoms with van der Waals surface area (Å²) in [5, 5.41) is 2.80. The Morgan fingerprint density at radius 3 is 2.52 bits per heavy atom. The number of carbonyl (C=O) groups excluding carboxylic acids is 4. The van der Waals surface area contributed by atoms with E-state index in [1.54, 1.807) is 24.3 Å². The molecule has 9 nitrogen and oxygen atoms in total. The van der Waals surface area contributed by atoms with Gasteiger partial charge in [0.2, 0.25) is 17.7 Å². The first-order chi connectivity index (χ1) is 14.8. The summed E-state index contributed by atoms with van der Waals surface area (Å²) >= 11 is 0. The van der Waals surface area contributed by atoms with Crippen LogP contribution in [0.15, 0.2) is 30.3 Å². The second-order valence-corrected chi connectivity index (χ2v) is 7.69. The van der Waals surface area contributed by atoms with Gasteiger partial charge in [-0.05, 0) is 38.7 Å². The monoisotopic (exact) mass is 432 g/mol. The van der Waals surface area contributed by atoms with Crippen molar-refractivity contribution in [1.82, 2.24) is 15.1 Å². The standard InChI is InChI=1S/C22H32N4O5/c1-4-12-24-19(27)18-11-8-13-25(18)21(29)16(3)26(20(28)15(2)23)22(30)31-14-17-9-6-5-7-10-17/h5-7,9-10,15-16,18H,4,8,11-14,23H2,1-3H3,(H,24,27)/t15-,16-,18-/m0/s1. The van der Waals surface area contributed by atoms with Crippen molar-refractivity contribution in [2.75, 3.05) is 13.1 Å². The molecule has 1 aliphatic rings. The number of carbonyl (C=O) groups is 4. The van der Waals surface area contributed by atoms with Gasteiger partial charge < -0.3 is 20.7 Å². The lowest BCUT2D eigenvalue weighted by molar-refractivity contribution is -0.146. The van der Waals surface area contributed by atoms with Crippen LogP contribution in [0.1, 0.15) is 45.6 Å². The maximum absolute atomic E-state index is 13.2. The van der Waals surface area contributed by atoms with Gasteiger partial charge in [-0.1, -0.05) is 37.3 Å². The third-order valence-corrected chi connectivity index (χ3v) is 5.16. The van der Waals surface area contributed by atoms with Gasteiger partial charge in [0.05, 0.1) is 6.04 Å². The van der Waals surface area contributed by atoms with Crippen LogP contribution in [0.5, 0.6) is 0 Å². The molecule has 0 aromatic heterocycles. The first-order valence-electron chi connectivity index (χ1n) is 10.6. The van der Waals surface area contributed by atoms with Crippen LogP contribution in [0.2, 0.25) is 0 Å². The molecular formula is C22H32N4O5. The van der Waals surface area contributed by atoms with Crippen LogP contribution < -0.4 is 11.1 Å². The number of imide groups is 1. The number of hydrogen-bond donors (Lipinski definition) is 2. The van der Waals surface area contributed by atoms with Gasteiger partial charge in [0.15, 0.2) is 0 Å². The average Bonchev–Trinajstić information content (AvgIpc) is 3.26. The van der Waals surface area contributed by atoms with Gasteiger partial charge in [0.1, 0.15) is 18.7 Å². The molecule has 0 spiro atoms. The van der Waals surface area contributed by atoms with E-state index >= 15 is 0 Å². The minimum atomic E-state index is -1.15. The lowest BCUT2D eigenvalue weighted by atomic mass is 10.1. The zero-order valence-corrected chi connectivity index (χ0v) is 18.4. The minimum absolute atomic E-state index is 0.0465. The van der Waals surface area contributed by atoms with E-state index in [9.17, 15) is 19.2 Å². The van der Waals surface area contributed by atoms with E-state index in [0.29, 0.717) is 25.9 Å². The number of likely N-dealkylation sites (tertiary alicyclic amines) is 1. The van der Waals surface area contributed by atoms with E-state index in [0.717, 1.165) is 16.9 Å². The summed E-state index contributed by atoms with van der Waals surface area (Å²) in [7, 11) is 0. The van der Waals surface area contributed by atoms with E-state index in [1.807, 2.05) is 13.0 Å². The molecule has 0 unspecified atom stereocenters. The van der Waals surface area contributed by atoms with Crippen LogP contribution in [0, 0.1) is 0 Å². The Balaban J connectivity index is 2.15. The number of hydrogen-bond acceptors (Lipinski definition) is 6. The lowest BCUT2D eigenvalue weighted by Gasteiger charge is -2.32. The van der Waals surface area contributed by atoms with Crippen molar-refractivity contribution in [3.63, 3.8) is 0 Å². The molecule has 170 valence electrons. The number of benzene rings is 1. The van der Waals surface area contributed by atoms with Gasteiger partial charge in [-0.2, -0.15) is 0 Å². The summed E-state index contributed by atoms with van der Waals surface area (Å²) in [6.45, 7) is 5.69. The molecule has 31 heavy (non-hydrogen) atoms. The van der Waals surface area contributed by atoms with E-state index in [1.165, 1.54) is 18.7 Å². The molecule has 1 aromatic rings. The zero-order chi connectivity index (χ0) is 23.0. The zero-order valence-electron chi connectivity index (χ0n) is 18.4. The van der Waals surface area contributed by atoms with Crippen molar-refractivity contribution < 1.29 is 23.9 Å². The van der Waals surface area contributed by atoms with E-state index < -0.39 is 36.0 Å². The highest BCUT2D eigenvalue weighted by molar-refractivity contribution is 6.00. The van der Waals surface area contributed by atoms with E-state index in [4.69, 9.17) is 10.5 Å². The van der Waals surface area contributed by atoms with E-state index in [-0.39, 0.29) is 12.5 Å². The lowest BCUT2D eigenvalue weighted by Crippen LogP contribution is -2.57. The molecule has 1 heterocycles. The van der Waals surface area contributed by atoms with Crippen molar-refractivity contribution in [2.24, 2.45) is 5.73 Å². The van der Waals surface area contributed by atoms with Gasteiger partial charge in [-0.25, -0.2) is 9.69 Å². The molecule has 0 saturated carbocycles. The third kappa shape index (κ3) is 6.27. The smallest absolute Gasteiger partial charge is 0.417 e. The molecular weight excluding hydrogens is 400 g/mol. The van der Waals surface area contributed by atoms with Crippen LogP contribution in [-0.4, -0.2) is 64.8 Å². The van der Waals surface area contributed by atoms with Gasteiger partial charge in [-0.3, -0.25) is 14.4 Å². The topological polar surface area (TPSA) is 122 Å². The molecule has 3 atom stereocenters. The maximum atomic E-state index is 13.2. The highest BCUT2D eigenvalue weighted by Crippen LogP contribution is 2.21. The quantitative estimate of drug-likeness (QED) is 0.640. The second-order valence-electron chi connectivity index (χ2n) is 7.69. The molecule has 1 aromatic carbocycles. The molecule has 2 rings (SSSR count). The van der Waals surface area contributed by atoms with Crippen molar-refractivity contribution in [1.29, 1.82) is 0 Å². The summed E-state index contributed by atoms with van der Waals surface area (Å²) in [6.07, 6.45) is 1.04. The molecule has 9 heteroatoms. The van der Waals surface area contributed by atoms with Crippen molar-refractivity contribution in [3.05, 3.63) is 35.9 Å².